The van der Waals surface area contributed by atoms with E-state index in [9.17, 15) is 4.79 Å². The van der Waals surface area contributed by atoms with Crippen LogP contribution >= 0.6 is 12.6 Å². The van der Waals surface area contributed by atoms with E-state index in [4.69, 9.17) is 19.3 Å². The van der Waals surface area contributed by atoms with Gasteiger partial charge in [0, 0.05) is 0 Å². The molecule has 0 saturated carbocycles. The number of carbonyl (C=O) groups excluding carboxylic acids is 1. The van der Waals surface area contributed by atoms with Crippen molar-refractivity contribution < 1.29 is 24.1 Å². The van der Waals surface area contributed by atoms with E-state index in [0.717, 1.165) is 0 Å². The Labute approximate surface area is 88.7 Å². The molecule has 0 saturated heterocycles. The van der Waals surface area contributed by atoms with Crippen molar-refractivity contribution in [3.8, 4) is 0 Å². The number of hydrogen-bond acceptors (Lipinski definition) is 5. The van der Waals surface area contributed by atoms with Gasteiger partial charge in [-0.1, -0.05) is 0 Å². The maximum Gasteiger partial charge on any atom is 0.211 e. The molecule has 0 atom stereocenters. The SMILES string of the molecule is O=C(S)COCCOCCOCCO. The highest BCUT2D eigenvalue weighted by Crippen LogP contribution is 1.83. The Bertz CT molecular complexity index is 142. The molecule has 0 amide bonds. The van der Waals surface area contributed by atoms with Crippen LogP contribution in [0.4, 0.5) is 0 Å². The van der Waals surface area contributed by atoms with Gasteiger partial charge in [-0.05, 0) is 0 Å². The minimum absolute atomic E-state index is 0.00742. The Hall–Kier alpha value is -0.140. The van der Waals surface area contributed by atoms with Crippen LogP contribution in [-0.2, 0) is 19.0 Å². The first kappa shape index (κ1) is 13.9. The van der Waals surface area contributed by atoms with Gasteiger partial charge in [-0.25, -0.2) is 0 Å². The molecule has 0 aromatic heterocycles. The largest absolute Gasteiger partial charge is 0.394 e. The van der Waals surface area contributed by atoms with Gasteiger partial charge in [0.05, 0.1) is 39.6 Å². The van der Waals surface area contributed by atoms with Crippen LogP contribution in [0.15, 0.2) is 0 Å². The number of aliphatic hydroxyl groups is 1. The number of rotatable bonds is 10. The van der Waals surface area contributed by atoms with E-state index in [0.29, 0.717) is 33.0 Å². The summed E-state index contributed by atoms with van der Waals surface area (Å²) in [7, 11) is 0. The molecular weight excluding hydrogens is 208 g/mol. The van der Waals surface area contributed by atoms with Crippen LogP contribution in [0.1, 0.15) is 0 Å². The number of aliphatic hydroxyl groups excluding tert-OH is 1. The molecule has 0 fully saturated rings. The molecule has 0 aliphatic carbocycles. The standard InChI is InChI=1S/C8H16O5S/c9-1-2-11-3-4-12-5-6-13-7-8(10)14/h9H,1-7H2,(H,10,14). The molecule has 14 heavy (non-hydrogen) atoms. The third kappa shape index (κ3) is 11.9. The van der Waals surface area contributed by atoms with Gasteiger partial charge in [-0.3, -0.25) is 4.79 Å². The van der Waals surface area contributed by atoms with Crippen molar-refractivity contribution in [2.45, 2.75) is 0 Å². The number of carbonyl (C=O) groups is 1. The Kier molecular flexibility index (Phi) is 10.8. The van der Waals surface area contributed by atoms with Crippen LogP contribution in [0.5, 0.6) is 0 Å². The molecule has 0 spiro atoms. The zero-order chi connectivity index (χ0) is 10.6. The van der Waals surface area contributed by atoms with E-state index < -0.39 is 0 Å². The molecule has 0 rings (SSSR count). The fourth-order valence-corrected chi connectivity index (χ4v) is 0.755. The molecule has 0 aliphatic rings. The van der Waals surface area contributed by atoms with Gasteiger partial charge in [-0.2, -0.15) is 0 Å². The van der Waals surface area contributed by atoms with E-state index in [1.54, 1.807) is 0 Å². The summed E-state index contributed by atoms with van der Waals surface area (Å²) in [6.07, 6.45) is 0. The smallest absolute Gasteiger partial charge is 0.211 e. The van der Waals surface area contributed by atoms with Gasteiger partial charge in [0.2, 0.25) is 5.12 Å². The summed E-state index contributed by atoms with van der Waals surface area (Å²) < 4.78 is 14.9. The fraction of sp³-hybridized carbons (Fsp3) is 0.875. The molecule has 0 radical (unpaired) electrons. The van der Waals surface area contributed by atoms with Crippen molar-refractivity contribution in [3.05, 3.63) is 0 Å². The molecule has 84 valence electrons. The van der Waals surface area contributed by atoms with Crippen molar-refractivity contribution in [1.82, 2.24) is 0 Å². The van der Waals surface area contributed by atoms with E-state index in [1.807, 2.05) is 0 Å². The minimum atomic E-state index is -0.295. The molecule has 1 N–H and O–H groups in total. The zero-order valence-corrected chi connectivity index (χ0v) is 8.87. The fourth-order valence-electron chi connectivity index (χ4n) is 0.664. The van der Waals surface area contributed by atoms with Crippen LogP contribution in [0, 0.1) is 0 Å². The Balaban J connectivity index is 2.88. The predicted molar refractivity (Wildman–Crippen MR) is 53.5 cm³/mol. The highest BCUT2D eigenvalue weighted by atomic mass is 32.1. The van der Waals surface area contributed by atoms with Crippen LogP contribution in [0.25, 0.3) is 0 Å². The van der Waals surface area contributed by atoms with Gasteiger partial charge in [-0.15, -0.1) is 12.6 Å². The van der Waals surface area contributed by atoms with E-state index in [1.165, 1.54) is 0 Å². The van der Waals surface area contributed by atoms with Crippen LogP contribution < -0.4 is 0 Å². The van der Waals surface area contributed by atoms with Crippen molar-refractivity contribution in [3.63, 3.8) is 0 Å². The number of ether oxygens (including phenoxy) is 3. The lowest BCUT2D eigenvalue weighted by Gasteiger charge is -2.04. The van der Waals surface area contributed by atoms with Gasteiger partial charge in [0.15, 0.2) is 0 Å². The van der Waals surface area contributed by atoms with Crippen LogP contribution in [0.2, 0.25) is 0 Å². The molecule has 0 heterocycles. The van der Waals surface area contributed by atoms with Crippen molar-refractivity contribution in [1.29, 1.82) is 0 Å². The van der Waals surface area contributed by atoms with E-state index in [2.05, 4.69) is 12.6 Å². The average molecular weight is 224 g/mol. The molecule has 6 heteroatoms. The summed E-state index contributed by atoms with van der Waals surface area (Å²) in [5.41, 5.74) is 0. The normalized spacial score (nSPS) is 10.4. The van der Waals surface area contributed by atoms with E-state index >= 15 is 0 Å². The van der Waals surface area contributed by atoms with Crippen LogP contribution in [-0.4, -0.2) is 56.5 Å². The summed E-state index contributed by atoms with van der Waals surface area (Å²) >= 11 is 3.53. The predicted octanol–water partition coefficient (Wildman–Crippen LogP) is -0.515. The first-order valence-electron chi connectivity index (χ1n) is 4.33. The quantitative estimate of drug-likeness (QED) is 0.386. The molecule has 0 aromatic rings. The maximum atomic E-state index is 10.3. The Morgan fingerprint density at radius 2 is 1.50 bits per heavy atom. The number of hydrogen-bond donors (Lipinski definition) is 2. The van der Waals surface area contributed by atoms with Crippen molar-refractivity contribution >= 4 is 17.7 Å². The van der Waals surface area contributed by atoms with Gasteiger partial charge >= 0.3 is 0 Å². The minimum Gasteiger partial charge on any atom is -0.394 e. The summed E-state index contributed by atoms with van der Waals surface area (Å²) in [6.45, 7) is 2.05. The molecule has 0 aliphatic heterocycles. The lowest BCUT2D eigenvalue weighted by atomic mass is 10.7. The molecular formula is C8H16O5S. The second-order valence-corrected chi connectivity index (χ2v) is 2.89. The van der Waals surface area contributed by atoms with Gasteiger partial charge in [0.25, 0.3) is 0 Å². The lowest BCUT2D eigenvalue weighted by molar-refractivity contribution is -0.115. The third-order valence-corrected chi connectivity index (χ3v) is 1.33. The second kappa shape index (κ2) is 10.9. The third-order valence-electron chi connectivity index (χ3n) is 1.21. The molecule has 0 unspecified atom stereocenters. The highest BCUT2D eigenvalue weighted by molar-refractivity contribution is 7.96. The number of thiol groups is 1. The first-order chi connectivity index (χ1) is 6.77. The highest BCUT2D eigenvalue weighted by Gasteiger charge is 1.94. The summed E-state index contributed by atoms with van der Waals surface area (Å²) in [4.78, 5) is 10.3. The summed E-state index contributed by atoms with van der Waals surface area (Å²) in [5, 5.41) is 8.07. The molecule has 0 bridgehead atoms. The summed E-state index contributed by atoms with van der Waals surface area (Å²) in [5.74, 6) is 0. The van der Waals surface area contributed by atoms with Gasteiger partial charge < -0.3 is 19.3 Å². The Morgan fingerprint density at radius 3 is 2.00 bits per heavy atom. The average Bonchev–Trinajstić information content (AvgIpc) is 2.15. The summed E-state index contributed by atoms with van der Waals surface area (Å²) in [6, 6.07) is 0. The lowest BCUT2D eigenvalue weighted by Crippen LogP contribution is -2.12. The van der Waals surface area contributed by atoms with Gasteiger partial charge in [0.1, 0.15) is 6.61 Å². The monoisotopic (exact) mass is 224 g/mol. The van der Waals surface area contributed by atoms with Crippen LogP contribution in [0.3, 0.4) is 0 Å². The maximum absolute atomic E-state index is 10.3. The first-order valence-corrected chi connectivity index (χ1v) is 4.78. The molecule has 0 aromatic carbocycles. The zero-order valence-electron chi connectivity index (χ0n) is 7.98. The second-order valence-electron chi connectivity index (χ2n) is 2.39. The van der Waals surface area contributed by atoms with Crippen molar-refractivity contribution in [2.75, 3.05) is 46.2 Å². The molecule has 5 nitrogen and oxygen atoms in total. The van der Waals surface area contributed by atoms with E-state index in [-0.39, 0.29) is 18.3 Å². The Morgan fingerprint density at radius 1 is 1.00 bits per heavy atom. The van der Waals surface area contributed by atoms with Crippen molar-refractivity contribution in [2.24, 2.45) is 0 Å². The topological polar surface area (TPSA) is 65.0 Å².